The van der Waals surface area contributed by atoms with Gasteiger partial charge in [0.1, 0.15) is 0 Å². The van der Waals surface area contributed by atoms with Gasteiger partial charge < -0.3 is 15.2 Å². The second-order valence-electron chi connectivity index (χ2n) is 5.39. The number of hydrogen-bond acceptors (Lipinski definition) is 3. The summed E-state index contributed by atoms with van der Waals surface area (Å²) in [5.74, 6) is 0.489. The molecular weight excluding hydrogens is 202 g/mol. The molecule has 2 aliphatic rings. The Morgan fingerprint density at radius 3 is 2.69 bits per heavy atom. The van der Waals surface area contributed by atoms with Crippen LogP contribution in [0, 0.1) is 5.92 Å². The van der Waals surface area contributed by atoms with E-state index in [-0.39, 0.29) is 6.10 Å². The molecule has 3 heteroatoms. The van der Waals surface area contributed by atoms with Crippen LogP contribution in [0.3, 0.4) is 0 Å². The first-order valence-corrected chi connectivity index (χ1v) is 6.74. The van der Waals surface area contributed by atoms with E-state index in [4.69, 9.17) is 4.74 Å². The summed E-state index contributed by atoms with van der Waals surface area (Å²) in [6, 6.07) is 0.603. The third-order valence-electron chi connectivity index (χ3n) is 4.25. The van der Waals surface area contributed by atoms with Gasteiger partial charge in [-0.2, -0.15) is 0 Å². The first-order valence-electron chi connectivity index (χ1n) is 6.74. The number of rotatable bonds is 4. The Kier molecular flexibility index (Phi) is 4.62. The topological polar surface area (TPSA) is 41.5 Å². The highest BCUT2D eigenvalue weighted by atomic mass is 16.5. The molecule has 94 valence electrons. The van der Waals surface area contributed by atoms with Crippen LogP contribution >= 0.6 is 0 Å². The monoisotopic (exact) mass is 227 g/mol. The molecule has 2 N–H and O–H groups in total. The predicted octanol–water partition coefficient (Wildman–Crippen LogP) is 1.69. The summed E-state index contributed by atoms with van der Waals surface area (Å²) in [6.45, 7) is 0.988. The first-order chi connectivity index (χ1) is 7.79. The number of nitrogens with one attached hydrogen (secondary N) is 1. The van der Waals surface area contributed by atoms with Crippen molar-refractivity contribution in [2.45, 2.75) is 63.2 Å². The highest BCUT2D eigenvalue weighted by molar-refractivity contribution is 4.83. The molecule has 0 aliphatic heterocycles. The van der Waals surface area contributed by atoms with Crippen LogP contribution in [0.4, 0.5) is 0 Å². The number of aliphatic hydroxyl groups excluding tert-OH is 1. The van der Waals surface area contributed by atoms with Crippen molar-refractivity contribution in [3.63, 3.8) is 0 Å². The maximum Gasteiger partial charge on any atom is 0.0586 e. The van der Waals surface area contributed by atoms with Gasteiger partial charge in [-0.05, 0) is 44.4 Å². The van der Waals surface area contributed by atoms with E-state index in [2.05, 4.69) is 5.32 Å². The lowest BCUT2D eigenvalue weighted by molar-refractivity contribution is 0.0563. The van der Waals surface area contributed by atoms with Gasteiger partial charge in [0.2, 0.25) is 0 Å². The van der Waals surface area contributed by atoms with Crippen molar-refractivity contribution in [2.75, 3.05) is 13.7 Å². The van der Waals surface area contributed by atoms with Crippen molar-refractivity contribution in [3.8, 4) is 0 Å². The van der Waals surface area contributed by atoms with E-state index in [1.807, 2.05) is 7.11 Å². The zero-order valence-corrected chi connectivity index (χ0v) is 10.3. The van der Waals surface area contributed by atoms with Gasteiger partial charge in [-0.1, -0.05) is 6.42 Å². The smallest absolute Gasteiger partial charge is 0.0586 e. The molecule has 0 saturated heterocycles. The normalized spacial score (nSPS) is 40.1. The summed E-state index contributed by atoms with van der Waals surface area (Å²) in [5.41, 5.74) is 0. The molecule has 16 heavy (non-hydrogen) atoms. The fraction of sp³-hybridized carbons (Fsp3) is 1.00. The number of methoxy groups -OCH3 is 1. The fourth-order valence-corrected chi connectivity index (χ4v) is 3.12. The van der Waals surface area contributed by atoms with Crippen molar-refractivity contribution in [3.05, 3.63) is 0 Å². The molecule has 3 nitrogen and oxygen atoms in total. The molecule has 4 unspecified atom stereocenters. The van der Waals surface area contributed by atoms with E-state index in [0.717, 1.165) is 19.4 Å². The fourth-order valence-electron chi connectivity index (χ4n) is 3.12. The van der Waals surface area contributed by atoms with Crippen molar-refractivity contribution >= 4 is 0 Å². The average molecular weight is 227 g/mol. The largest absolute Gasteiger partial charge is 0.393 e. The lowest BCUT2D eigenvalue weighted by Gasteiger charge is -2.30. The van der Waals surface area contributed by atoms with E-state index in [9.17, 15) is 5.11 Å². The van der Waals surface area contributed by atoms with Gasteiger partial charge in [-0.3, -0.25) is 0 Å². The molecular formula is C13H25NO2. The average Bonchev–Trinajstić information content (AvgIpc) is 2.72. The Morgan fingerprint density at radius 1 is 1.19 bits per heavy atom. The molecule has 4 atom stereocenters. The number of aliphatic hydroxyl groups is 1. The van der Waals surface area contributed by atoms with Crippen molar-refractivity contribution in [1.82, 2.24) is 5.32 Å². The lowest BCUT2D eigenvalue weighted by atomic mass is 9.92. The van der Waals surface area contributed by atoms with Crippen molar-refractivity contribution in [1.29, 1.82) is 0 Å². The second kappa shape index (κ2) is 5.99. The van der Waals surface area contributed by atoms with Crippen LogP contribution in [-0.4, -0.2) is 37.0 Å². The van der Waals surface area contributed by atoms with E-state index < -0.39 is 0 Å². The number of hydrogen-bond donors (Lipinski definition) is 2. The second-order valence-corrected chi connectivity index (χ2v) is 5.39. The predicted molar refractivity (Wildman–Crippen MR) is 64.4 cm³/mol. The zero-order valence-electron chi connectivity index (χ0n) is 10.3. The third kappa shape index (κ3) is 3.19. The minimum Gasteiger partial charge on any atom is -0.393 e. The van der Waals surface area contributed by atoms with Crippen LogP contribution in [0.15, 0.2) is 0 Å². The van der Waals surface area contributed by atoms with Gasteiger partial charge >= 0.3 is 0 Å². The van der Waals surface area contributed by atoms with E-state index in [1.54, 1.807) is 0 Å². The molecule has 2 rings (SSSR count). The highest BCUT2D eigenvalue weighted by Crippen LogP contribution is 2.26. The summed E-state index contributed by atoms with van der Waals surface area (Å²) in [6.07, 6.45) is 8.64. The molecule has 0 aromatic heterocycles. The quantitative estimate of drug-likeness (QED) is 0.768. The molecule has 0 spiro atoms. The summed E-state index contributed by atoms with van der Waals surface area (Å²) in [5, 5.41) is 13.4. The molecule has 0 aromatic carbocycles. The van der Waals surface area contributed by atoms with Crippen molar-refractivity contribution < 1.29 is 9.84 Å². The van der Waals surface area contributed by atoms with E-state index >= 15 is 0 Å². The van der Waals surface area contributed by atoms with Gasteiger partial charge in [-0.25, -0.2) is 0 Å². The van der Waals surface area contributed by atoms with Crippen LogP contribution in [0.25, 0.3) is 0 Å². The molecule has 0 aromatic rings. The first kappa shape index (κ1) is 12.3. The SMILES string of the molecule is COC1CCCC(NCC2CCCC2O)C1. The Bertz CT molecular complexity index is 210. The van der Waals surface area contributed by atoms with Crippen LogP contribution in [0.2, 0.25) is 0 Å². The minimum absolute atomic E-state index is 0.0608. The molecule has 0 heterocycles. The molecule has 0 bridgehead atoms. The summed E-state index contributed by atoms with van der Waals surface area (Å²) >= 11 is 0. The summed E-state index contributed by atoms with van der Waals surface area (Å²) in [7, 11) is 1.81. The lowest BCUT2D eigenvalue weighted by Crippen LogP contribution is -2.40. The molecule has 2 aliphatic carbocycles. The summed E-state index contributed by atoms with van der Waals surface area (Å²) < 4.78 is 5.42. The van der Waals surface area contributed by atoms with E-state index in [1.165, 1.54) is 32.1 Å². The number of ether oxygens (including phenoxy) is 1. The Labute approximate surface area is 98.6 Å². The molecule has 0 radical (unpaired) electrons. The molecule has 2 saturated carbocycles. The van der Waals surface area contributed by atoms with Crippen LogP contribution < -0.4 is 5.32 Å². The molecule has 2 fully saturated rings. The highest BCUT2D eigenvalue weighted by Gasteiger charge is 2.27. The van der Waals surface area contributed by atoms with Crippen LogP contribution in [-0.2, 0) is 4.74 Å². The standard InChI is InChI=1S/C13H25NO2/c1-16-12-6-3-5-11(8-12)14-9-10-4-2-7-13(10)15/h10-15H,2-9H2,1H3. The summed E-state index contributed by atoms with van der Waals surface area (Å²) in [4.78, 5) is 0. The Morgan fingerprint density at radius 2 is 2.00 bits per heavy atom. The van der Waals surface area contributed by atoms with Gasteiger partial charge in [0.15, 0.2) is 0 Å². The van der Waals surface area contributed by atoms with Crippen molar-refractivity contribution in [2.24, 2.45) is 5.92 Å². The van der Waals surface area contributed by atoms with Gasteiger partial charge in [-0.15, -0.1) is 0 Å². The van der Waals surface area contributed by atoms with Crippen LogP contribution in [0.5, 0.6) is 0 Å². The van der Waals surface area contributed by atoms with E-state index in [0.29, 0.717) is 18.1 Å². The van der Waals surface area contributed by atoms with Crippen LogP contribution in [0.1, 0.15) is 44.9 Å². The maximum absolute atomic E-state index is 9.75. The molecule has 0 amide bonds. The van der Waals surface area contributed by atoms with Gasteiger partial charge in [0.25, 0.3) is 0 Å². The Hall–Kier alpha value is -0.120. The van der Waals surface area contributed by atoms with Gasteiger partial charge in [0, 0.05) is 19.7 Å². The van der Waals surface area contributed by atoms with Gasteiger partial charge in [0.05, 0.1) is 12.2 Å². The maximum atomic E-state index is 9.75. The third-order valence-corrected chi connectivity index (χ3v) is 4.25. The Balaban J connectivity index is 1.68. The zero-order chi connectivity index (χ0) is 11.4. The minimum atomic E-state index is -0.0608.